The summed E-state index contributed by atoms with van der Waals surface area (Å²) >= 11 is 0. The summed E-state index contributed by atoms with van der Waals surface area (Å²) in [5.74, 6) is 0.191. The third-order valence-electron chi connectivity index (χ3n) is 3.67. The van der Waals surface area contributed by atoms with Gasteiger partial charge < -0.3 is 19.7 Å². The number of carbonyl (C=O) groups excluding carboxylic acids is 1. The van der Waals surface area contributed by atoms with Gasteiger partial charge in [-0.25, -0.2) is 0 Å². The first kappa shape index (κ1) is 18.6. The third kappa shape index (κ3) is 4.91. The zero-order valence-electron chi connectivity index (χ0n) is 12.2. The molecule has 1 saturated heterocycles. The SMILES string of the molecule is CCC1(C(=O)N(CCOC)CCOC)CCCN1.Cl. The Bertz CT molecular complexity index is 250. The van der Waals surface area contributed by atoms with Crippen molar-refractivity contribution in [3.63, 3.8) is 0 Å². The third-order valence-corrected chi connectivity index (χ3v) is 3.67. The van der Waals surface area contributed by atoms with Crippen molar-refractivity contribution in [2.45, 2.75) is 31.7 Å². The first-order valence-electron chi connectivity index (χ1n) is 6.72. The lowest BCUT2D eigenvalue weighted by molar-refractivity contribution is -0.139. The molecule has 114 valence electrons. The van der Waals surface area contributed by atoms with Crippen LogP contribution in [-0.4, -0.2) is 63.4 Å². The Balaban J connectivity index is 0.00000324. The second-order valence-corrected chi connectivity index (χ2v) is 4.74. The summed E-state index contributed by atoms with van der Waals surface area (Å²) in [5.41, 5.74) is -0.360. The van der Waals surface area contributed by atoms with Crippen LogP contribution in [0.3, 0.4) is 0 Å². The van der Waals surface area contributed by atoms with Gasteiger partial charge in [-0.15, -0.1) is 12.4 Å². The van der Waals surface area contributed by atoms with Crippen molar-refractivity contribution in [2.75, 3.05) is 47.1 Å². The van der Waals surface area contributed by atoms with E-state index in [1.54, 1.807) is 14.2 Å². The molecule has 0 aliphatic carbocycles. The van der Waals surface area contributed by atoms with Crippen LogP contribution in [0.25, 0.3) is 0 Å². The monoisotopic (exact) mass is 294 g/mol. The summed E-state index contributed by atoms with van der Waals surface area (Å²) in [7, 11) is 3.31. The minimum atomic E-state index is -0.360. The summed E-state index contributed by atoms with van der Waals surface area (Å²) < 4.78 is 10.2. The summed E-state index contributed by atoms with van der Waals surface area (Å²) in [6, 6.07) is 0. The summed E-state index contributed by atoms with van der Waals surface area (Å²) in [6.07, 6.45) is 2.84. The molecule has 0 bridgehead atoms. The molecule has 0 spiro atoms. The summed E-state index contributed by atoms with van der Waals surface area (Å²) in [6.45, 7) is 5.39. The maximum Gasteiger partial charge on any atom is 0.243 e. The first-order chi connectivity index (χ1) is 8.70. The van der Waals surface area contributed by atoms with E-state index in [0.717, 1.165) is 25.8 Å². The Morgan fingerprint density at radius 2 is 1.84 bits per heavy atom. The minimum Gasteiger partial charge on any atom is -0.383 e. The van der Waals surface area contributed by atoms with Crippen LogP contribution in [0.2, 0.25) is 0 Å². The minimum absolute atomic E-state index is 0. The van der Waals surface area contributed by atoms with Crippen LogP contribution < -0.4 is 5.32 Å². The highest BCUT2D eigenvalue weighted by Crippen LogP contribution is 2.25. The van der Waals surface area contributed by atoms with E-state index in [4.69, 9.17) is 9.47 Å². The Morgan fingerprint density at radius 1 is 1.26 bits per heavy atom. The van der Waals surface area contributed by atoms with Crippen LogP contribution in [-0.2, 0) is 14.3 Å². The molecule has 1 unspecified atom stereocenters. The van der Waals surface area contributed by atoms with Gasteiger partial charge >= 0.3 is 0 Å². The summed E-state index contributed by atoms with van der Waals surface area (Å²) in [5, 5.41) is 3.38. The maximum atomic E-state index is 12.7. The summed E-state index contributed by atoms with van der Waals surface area (Å²) in [4.78, 5) is 14.5. The van der Waals surface area contributed by atoms with E-state index < -0.39 is 0 Å². The zero-order valence-corrected chi connectivity index (χ0v) is 13.1. The van der Waals surface area contributed by atoms with Gasteiger partial charge in [0.1, 0.15) is 0 Å². The lowest BCUT2D eigenvalue weighted by atomic mass is 9.92. The van der Waals surface area contributed by atoms with Crippen LogP contribution in [0.5, 0.6) is 0 Å². The van der Waals surface area contributed by atoms with E-state index in [2.05, 4.69) is 12.2 Å². The number of halogens is 1. The number of carbonyl (C=O) groups is 1. The molecule has 19 heavy (non-hydrogen) atoms. The number of ether oxygens (including phenoxy) is 2. The largest absolute Gasteiger partial charge is 0.383 e. The molecule has 6 heteroatoms. The number of nitrogens with zero attached hydrogens (tertiary/aromatic N) is 1. The molecule has 0 aromatic heterocycles. The number of hydrogen-bond acceptors (Lipinski definition) is 4. The molecule has 1 rings (SSSR count). The van der Waals surface area contributed by atoms with Gasteiger partial charge in [-0.05, 0) is 25.8 Å². The van der Waals surface area contributed by atoms with E-state index in [9.17, 15) is 4.79 Å². The van der Waals surface area contributed by atoms with Crippen LogP contribution in [0.15, 0.2) is 0 Å². The van der Waals surface area contributed by atoms with Gasteiger partial charge in [-0.1, -0.05) is 6.92 Å². The molecule has 1 aliphatic heterocycles. The highest BCUT2D eigenvalue weighted by atomic mass is 35.5. The highest BCUT2D eigenvalue weighted by molar-refractivity contribution is 5.86. The van der Waals surface area contributed by atoms with Crippen molar-refractivity contribution < 1.29 is 14.3 Å². The molecule has 1 heterocycles. The van der Waals surface area contributed by atoms with Crippen molar-refractivity contribution in [3.05, 3.63) is 0 Å². The quantitative estimate of drug-likeness (QED) is 0.727. The van der Waals surface area contributed by atoms with Crippen LogP contribution in [0.1, 0.15) is 26.2 Å². The molecule has 0 aromatic rings. The fourth-order valence-corrected chi connectivity index (χ4v) is 2.46. The average molecular weight is 295 g/mol. The fraction of sp³-hybridized carbons (Fsp3) is 0.923. The average Bonchev–Trinajstić information content (AvgIpc) is 2.88. The Morgan fingerprint density at radius 3 is 2.21 bits per heavy atom. The number of amides is 1. The lowest BCUT2D eigenvalue weighted by Crippen LogP contribution is -2.55. The normalized spacial score (nSPS) is 22.1. The van der Waals surface area contributed by atoms with E-state index in [-0.39, 0.29) is 23.9 Å². The Hall–Kier alpha value is -0.360. The Labute approximate surface area is 122 Å². The molecule has 1 atom stereocenters. The fourth-order valence-electron chi connectivity index (χ4n) is 2.46. The highest BCUT2D eigenvalue weighted by Gasteiger charge is 2.41. The second-order valence-electron chi connectivity index (χ2n) is 4.74. The van der Waals surface area contributed by atoms with Crippen LogP contribution >= 0.6 is 12.4 Å². The molecule has 0 radical (unpaired) electrons. The molecule has 0 aromatic carbocycles. The van der Waals surface area contributed by atoms with Gasteiger partial charge in [0, 0.05) is 27.3 Å². The van der Waals surface area contributed by atoms with E-state index in [0.29, 0.717) is 26.3 Å². The van der Waals surface area contributed by atoms with Crippen molar-refractivity contribution in [1.29, 1.82) is 0 Å². The molecule has 0 saturated carbocycles. The predicted octanol–water partition coefficient (Wildman–Crippen LogP) is 1.06. The van der Waals surface area contributed by atoms with Crippen molar-refractivity contribution in [1.82, 2.24) is 10.2 Å². The number of nitrogens with one attached hydrogen (secondary N) is 1. The topological polar surface area (TPSA) is 50.8 Å². The van der Waals surface area contributed by atoms with Crippen molar-refractivity contribution in [2.24, 2.45) is 0 Å². The van der Waals surface area contributed by atoms with Gasteiger partial charge in [-0.3, -0.25) is 4.79 Å². The molecule has 1 aliphatic rings. The van der Waals surface area contributed by atoms with Gasteiger partial charge in [0.15, 0.2) is 0 Å². The van der Waals surface area contributed by atoms with Gasteiger partial charge in [0.25, 0.3) is 0 Å². The molecule has 1 amide bonds. The molecule has 1 fully saturated rings. The second kappa shape index (κ2) is 9.53. The Kier molecular flexibility index (Phi) is 9.35. The van der Waals surface area contributed by atoms with E-state index >= 15 is 0 Å². The first-order valence-corrected chi connectivity index (χ1v) is 6.72. The molecule has 1 N–H and O–H groups in total. The predicted molar refractivity (Wildman–Crippen MR) is 77.8 cm³/mol. The van der Waals surface area contributed by atoms with Gasteiger partial charge in [-0.2, -0.15) is 0 Å². The lowest BCUT2D eigenvalue weighted by Gasteiger charge is -2.33. The molecular formula is C13H27ClN2O3. The van der Waals surface area contributed by atoms with E-state index in [1.165, 1.54) is 0 Å². The number of hydrogen-bond donors (Lipinski definition) is 1. The van der Waals surface area contributed by atoms with Gasteiger partial charge in [0.2, 0.25) is 5.91 Å². The van der Waals surface area contributed by atoms with E-state index in [1.807, 2.05) is 4.90 Å². The molecular weight excluding hydrogens is 268 g/mol. The molecule has 5 nitrogen and oxygen atoms in total. The van der Waals surface area contributed by atoms with Crippen molar-refractivity contribution in [3.8, 4) is 0 Å². The smallest absolute Gasteiger partial charge is 0.243 e. The van der Waals surface area contributed by atoms with Crippen LogP contribution in [0, 0.1) is 0 Å². The number of rotatable bonds is 8. The maximum absolute atomic E-state index is 12.7. The van der Waals surface area contributed by atoms with Crippen molar-refractivity contribution >= 4 is 18.3 Å². The standard InChI is InChI=1S/C13H26N2O3.ClH/c1-4-13(6-5-7-14-13)12(16)15(8-10-17-2)9-11-18-3;/h14H,4-11H2,1-3H3;1H. The van der Waals surface area contributed by atoms with Gasteiger partial charge in [0.05, 0.1) is 18.8 Å². The zero-order chi connectivity index (χ0) is 13.4. The number of methoxy groups -OCH3 is 2. The van der Waals surface area contributed by atoms with Crippen LogP contribution in [0.4, 0.5) is 0 Å².